The molecule has 2 aromatic rings. The highest BCUT2D eigenvalue weighted by molar-refractivity contribution is 5.81. The van der Waals surface area contributed by atoms with Gasteiger partial charge in [-0.05, 0) is 18.2 Å². The molecule has 0 saturated heterocycles. The Kier molecular flexibility index (Phi) is 3.65. The number of hydrogen-bond donors (Lipinski definition) is 1. The lowest BCUT2D eigenvalue weighted by Gasteiger charge is -2.08. The van der Waals surface area contributed by atoms with Crippen molar-refractivity contribution in [2.24, 2.45) is 0 Å². The monoisotopic (exact) mass is 264 g/mol. The summed E-state index contributed by atoms with van der Waals surface area (Å²) in [5.74, 6) is -0.193. The summed E-state index contributed by atoms with van der Waals surface area (Å²) in [5.41, 5.74) is 0.766. The van der Waals surface area contributed by atoms with E-state index in [9.17, 15) is 4.79 Å². The maximum absolute atomic E-state index is 10.6. The van der Waals surface area contributed by atoms with Gasteiger partial charge >= 0.3 is 11.9 Å². The average molecular weight is 264 g/mol. The minimum Gasteiger partial charge on any atom is -0.497 e. The SMILES string of the molecule is COc1ccc(OC)c(Cc2nnc(C(=O)O)o2)c1. The molecule has 7 heteroatoms. The molecule has 0 aliphatic rings. The first kappa shape index (κ1) is 12.9. The van der Waals surface area contributed by atoms with Crippen LogP contribution in [0.5, 0.6) is 11.5 Å². The van der Waals surface area contributed by atoms with E-state index < -0.39 is 11.9 Å². The van der Waals surface area contributed by atoms with Crippen molar-refractivity contribution in [3.05, 3.63) is 35.5 Å². The molecular weight excluding hydrogens is 252 g/mol. The number of carboxylic acids is 1. The molecule has 1 N–H and O–H groups in total. The maximum Gasteiger partial charge on any atom is 0.393 e. The minimum absolute atomic E-state index is 0.198. The fraction of sp³-hybridized carbons (Fsp3) is 0.250. The highest BCUT2D eigenvalue weighted by Crippen LogP contribution is 2.25. The zero-order valence-corrected chi connectivity index (χ0v) is 10.4. The number of carboxylic acid groups (broad SMARTS) is 1. The van der Waals surface area contributed by atoms with Crippen molar-refractivity contribution < 1.29 is 23.8 Å². The first-order chi connectivity index (χ1) is 9.13. The molecule has 1 aromatic carbocycles. The van der Waals surface area contributed by atoms with Crippen LogP contribution in [-0.2, 0) is 6.42 Å². The molecule has 0 unspecified atom stereocenters. The van der Waals surface area contributed by atoms with Gasteiger partial charge in [-0.3, -0.25) is 0 Å². The Bertz CT molecular complexity index is 594. The molecule has 0 aliphatic heterocycles. The highest BCUT2D eigenvalue weighted by Gasteiger charge is 2.15. The number of benzene rings is 1. The number of nitrogens with zero attached hydrogens (tertiary/aromatic N) is 2. The Labute approximate surface area is 108 Å². The second-order valence-corrected chi connectivity index (χ2v) is 3.66. The van der Waals surface area contributed by atoms with Gasteiger partial charge in [-0.15, -0.1) is 10.2 Å². The van der Waals surface area contributed by atoms with Crippen LogP contribution in [0.4, 0.5) is 0 Å². The van der Waals surface area contributed by atoms with Crippen molar-refractivity contribution >= 4 is 5.97 Å². The fourth-order valence-corrected chi connectivity index (χ4v) is 1.59. The van der Waals surface area contributed by atoms with E-state index in [2.05, 4.69) is 10.2 Å². The van der Waals surface area contributed by atoms with Crippen LogP contribution in [0.15, 0.2) is 22.6 Å². The first-order valence-electron chi connectivity index (χ1n) is 5.40. The summed E-state index contributed by atoms with van der Waals surface area (Å²) < 4.78 is 15.3. The maximum atomic E-state index is 10.6. The van der Waals surface area contributed by atoms with Gasteiger partial charge in [0.15, 0.2) is 0 Å². The van der Waals surface area contributed by atoms with Crippen LogP contribution >= 0.6 is 0 Å². The van der Waals surface area contributed by atoms with Gasteiger partial charge in [-0.2, -0.15) is 0 Å². The molecule has 0 atom stereocenters. The lowest BCUT2D eigenvalue weighted by molar-refractivity contribution is 0.0651. The molecule has 0 spiro atoms. The number of rotatable bonds is 5. The molecule has 0 aliphatic carbocycles. The molecule has 19 heavy (non-hydrogen) atoms. The lowest BCUT2D eigenvalue weighted by atomic mass is 10.1. The zero-order chi connectivity index (χ0) is 13.8. The molecule has 0 saturated carbocycles. The average Bonchev–Trinajstić information content (AvgIpc) is 2.87. The van der Waals surface area contributed by atoms with Gasteiger partial charge in [0.1, 0.15) is 11.5 Å². The molecule has 0 radical (unpaired) electrons. The quantitative estimate of drug-likeness (QED) is 0.871. The summed E-state index contributed by atoms with van der Waals surface area (Å²) in [6.45, 7) is 0. The van der Waals surface area contributed by atoms with E-state index in [4.69, 9.17) is 19.0 Å². The van der Waals surface area contributed by atoms with E-state index in [0.29, 0.717) is 11.5 Å². The topological polar surface area (TPSA) is 94.7 Å². The highest BCUT2D eigenvalue weighted by atomic mass is 16.5. The molecule has 100 valence electrons. The summed E-state index contributed by atoms with van der Waals surface area (Å²) in [5, 5.41) is 15.8. The minimum atomic E-state index is -1.25. The third-order valence-corrected chi connectivity index (χ3v) is 2.48. The molecule has 0 bridgehead atoms. The van der Waals surface area contributed by atoms with Gasteiger partial charge in [0.05, 0.1) is 20.6 Å². The molecule has 1 heterocycles. The second-order valence-electron chi connectivity index (χ2n) is 3.66. The third kappa shape index (κ3) is 2.82. The normalized spacial score (nSPS) is 10.2. The van der Waals surface area contributed by atoms with Crippen LogP contribution in [0, 0.1) is 0 Å². The largest absolute Gasteiger partial charge is 0.497 e. The molecular formula is C12H12N2O5. The number of aromatic carboxylic acids is 1. The van der Waals surface area contributed by atoms with E-state index in [1.54, 1.807) is 32.4 Å². The smallest absolute Gasteiger partial charge is 0.393 e. The Morgan fingerprint density at radius 1 is 1.32 bits per heavy atom. The van der Waals surface area contributed by atoms with Gasteiger partial charge in [-0.25, -0.2) is 4.79 Å². The van der Waals surface area contributed by atoms with Crippen LogP contribution in [0.3, 0.4) is 0 Å². The Balaban J connectivity index is 2.27. The molecule has 1 aromatic heterocycles. The fourth-order valence-electron chi connectivity index (χ4n) is 1.59. The summed E-state index contributed by atoms with van der Waals surface area (Å²) in [7, 11) is 3.10. The first-order valence-corrected chi connectivity index (χ1v) is 5.40. The van der Waals surface area contributed by atoms with E-state index in [1.165, 1.54) is 0 Å². The predicted molar refractivity (Wildman–Crippen MR) is 63.6 cm³/mol. The van der Waals surface area contributed by atoms with E-state index in [0.717, 1.165) is 5.56 Å². The van der Waals surface area contributed by atoms with Crippen molar-refractivity contribution in [2.45, 2.75) is 6.42 Å². The lowest BCUT2D eigenvalue weighted by Crippen LogP contribution is -1.96. The van der Waals surface area contributed by atoms with Crippen LogP contribution in [-0.4, -0.2) is 35.5 Å². The van der Waals surface area contributed by atoms with Crippen molar-refractivity contribution in [3.8, 4) is 11.5 Å². The number of aromatic nitrogens is 2. The van der Waals surface area contributed by atoms with Gasteiger partial charge < -0.3 is 19.0 Å². The van der Waals surface area contributed by atoms with E-state index in [-0.39, 0.29) is 12.3 Å². The van der Waals surface area contributed by atoms with Gasteiger partial charge in [-0.1, -0.05) is 0 Å². The van der Waals surface area contributed by atoms with Crippen molar-refractivity contribution in [1.82, 2.24) is 10.2 Å². The second kappa shape index (κ2) is 5.38. The van der Waals surface area contributed by atoms with Gasteiger partial charge in [0.2, 0.25) is 5.89 Å². The number of carbonyl (C=O) groups is 1. The summed E-state index contributed by atoms with van der Waals surface area (Å²) in [4.78, 5) is 10.6. The Morgan fingerprint density at radius 2 is 2.11 bits per heavy atom. The van der Waals surface area contributed by atoms with Crippen LogP contribution in [0.2, 0.25) is 0 Å². The van der Waals surface area contributed by atoms with Crippen molar-refractivity contribution in [1.29, 1.82) is 0 Å². The number of ether oxygens (including phenoxy) is 2. The summed E-state index contributed by atoms with van der Waals surface area (Å²) in [6.07, 6.45) is 0.265. The van der Waals surface area contributed by atoms with Crippen LogP contribution in [0.25, 0.3) is 0 Å². The van der Waals surface area contributed by atoms with Crippen molar-refractivity contribution in [3.63, 3.8) is 0 Å². The number of hydrogen-bond acceptors (Lipinski definition) is 6. The van der Waals surface area contributed by atoms with Crippen LogP contribution in [0.1, 0.15) is 22.1 Å². The Hall–Kier alpha value is -2.57. The van der Waals surface area contributed by atoms with Crippen LogP contribution < -0.4 is 9.47 Å². The molecule has 0 amide bonds. The van der Waals surface area contributed by atoms with E-state index >= 15 is 0 Å². The summed E-state index contributed by atoms with van der Waals surface area (Å²) >= 11 is 0. The van der Waals surface area contributed by atoms with Gasteiger partial charge in [0.25, 0.3) is 0 Å². The zero-order valence-electron chi connectivity index (χ0n) is 10.4. The van der Waals surface area contributed by atoms with E-state index in [1.807, 2.05) is 0 Å². The third-order valence-electron chi connectivity index (χ3n) is 2.48. The molecule has 7 nitrogen and oxygen atoms in total. The molecule has 2 rings (SSSR count). The predicted octanol–water partition coefficient (Wildman–Crippen LogP) is 1.38. The van der Waals surface area contributed by atoms with Gasteiger partial charge in [0, 0.05) is 5.56 Å². The molecule has 0 fully saturated rings. The van der Waals surface area contributed by atoms with Crippen molar-refractivity contribution in [2.75, 3.05) is 14.2 Å². The number of methoxy groups -OCH3 is 2. The summed E-state index contributed by atoms with van der Waals surface area (Å²) in [6, 6.07) is 5.28. The standard InChI is InChI=1S/C12H12N2O5/c1-17-8-3-4-9(18-2)7(5-8)6-10-13-14-11(19-10)12(15)16/h3-5H,6H2,1-2H3,(H,15,16). The Morgan fingerprint density at radius 3 is 2.68 bits per heavy atom.